The Morgan fingerprint density at radius 3 is 2.81 bits per heavy atom. The van der Waals surface area contributed by atoms with Crippen LogP contribution < -0.4 is 16.2 Å². The van der Waals surface area contributed by atoms with Crippen LogP contribution in [0.3, 0.4) is 0 Å². The lowest BCUT2D eigenvalue weighted by Crippen LogP contribution is -2.48. The zero-order valence-corrected chi connectivity index (χ0v) is 12.3. The molecule has 1 aromatic heterocycles. The molecule has 1 fully saturated rings. The number of urea groups is 1. The zero-order chi connectivity index (χ0) is 15.2. The van der Waals surface area contributed by atoms with Crippen molar-refractivity contribution in [1.82, 2.24) is 15.6 Å². The molecule has 116 valence electrons. The lowest BCUT2D eigenvalue weighted by Gasteiger charge is -2.34. The van der Waals surface area contributed by atoms with Gasteiger partial charge >= 0.3 is 6.03 Å². The van der Waals surface area contributed by atoms with E-state index in [0.29, 0.717) is 12.3 Å². The molecular formula is C15H23N3O3. The van der Waals surface area contributed by atoms with Gasteiger partial charge in [0.1, 0.15) is 0 Å². The van der Waals surface area contributed by atoms with Gasteiger partial charge < -0.3 is 20.7 Å². The summed E-state index contributed by atoms with van der Waals surface area (Å²) in [7, 11) is 0. The van der Waals surface area contributed by atoms with Crippen LogP contribution in [-0.4, -0.2) is 28.8 Å². The Balaban J connectivity index is 1.89. The molecule has 1 saturated carbocycles. The van der Waals surface area contributed by atoms with E-state index in [1.807, 2.05) is 6.92 Å². The maximum Gasteiger partial charge on any atom is 0.315 e. The minimum Gasteiger partial charge on any atom is -0.396 e. The fraction of sp³-hybridized carbons (Fsp3) is 0.600. The topological polar surface area (TPSA) is 94.2 Å². The van der Waals surface area contributed by atoms with Crippen molar-refractivity contribution < 1.29 is 9.90 Å². The van der Waals surface area contributed by atoms with E-state index in [4.69, 9.17) is 5.11 Å². The molecule has 0 bridgehead atoms. The van der Waals surface area contributed by atoms with Gasteiger partial charge in [-0.15, -0.1) is 0 Å². The van der Waals surface area contributed by atoms with Crippen LogP contribution in [0.1, 0.15) is 44.2 Å². The Hall–Kier alpha value is -1.82. The Bertz CT molecular complexity index is 525. The summed E-state index contributed by atoms with van der Waals surface area (Å²) in [5.41, 5.74) is 0.574. The van der Waals surface area contributed by atoms with Crippen LogP contribution in [0.2, 0.25) is 0 Å². The molecule has 1 aliphatic rings. The summed E-state index contributed by atoms with van der Waals surface area (Å²) in [5.74, 6) is 0.470. The molecule has 2 rings (SSSR count). The SMILES string of the molecule is CC(NC(=O)NC(CCO)C1CCC1)c1cc[nH]c(=O)c1. The number of aromatic nitrogens is 1. The quantitative estimate of drug-likeness (QED) is 0.636. The highest BCUT2D eigenvalue weighted by molar-refractivity contribution is 5.74. The summed E-state index contributed by atoms with van der Waals surface area (Å²) >= 11 is 0. The number of aliphatic hydroxyl groups is 1. The van der Waals surface area contributed by atoms with Crippen molar-refractivity contribution in [2.45, 2.75) is 44.7 Å². The fourth-order valence-corrected chi connectivity index (χ4v) is 2.63. The molecule has 0 radical (unpaired) electrons. The van der Waals surface area contributed by atoms with Gasteiger partial charge in [0, 0.05) is 24.9 Å². The van der Waals surface area contributed by atoms with E-state index >= 15 is 0 Å². The molecule has 2 amide bonds. The second-order valence-electron chi connectivity index (χ2n) is 5.64. The summed E-state index contributed by atoms with van der Waals surface area (Å²) in [6, 6.07) is 2.76. The summed E-state index contributed by atoms with van der Waals surface area (Å²) in [4.78, 5) is 25.9. The Morgan fingerprint density at radius 1 is 1.48 bits per heavy atom. The summed E-state index contributed by atoms with van der Waals surface area (Å²) in [5, 5.41) is 14.9. The molecule has 0 aliphatic heterocycles. The number of aromatic amines is 1. The summed E-state index contributed by atoms with van der Waals surface area (Å²) in [6.07, 6.45) is 5.55. The van der Waals surface area contributed by atoms with Gasteiger partial charge in [0.2, 0.25) is 5.56 Å². The van der Waals surface area contributed by atoms with Crippen molar-refractivity contribution in [3.63, 3.8) is 0 Å². The number of amides is 2. The average molecular weight is 293 g/mol. The zero-order valence-electron chi connectivity index (χ0n) is 12.3. The maximum atomic E-state index is 12.1. The number of rotatable bonds is 6. The first-order valence-corrected chi connectivity index (χ1v) is 7.46. The van der Waals surface area contributed by atoms with Gasteiger partial charge in [-0.05, 0) is 43.7 Å². The molecule has 2 unspecified atom stereocenters. The first kappa shape index (κ1) is 15.6. The summed E-state index contributed by atoms with van der Waals surface area (Å²) < 4.78 is 0. The highest BCUT2D eigenvalue weighted by atomic mass is 16.3. The van der Waals surface area contributed by atoms with Crippen LogP contribution in [0.5, 0.6) is 0 Å². The largest absolute Gasteiger partial charge is 0.396 e. The lowest BCUT2D eigenvalue weighted by molar-refractivity contribution is 0.177. The van der Waals surface area contributed by atoms with E-state index in [9.17, 15) is 9.59 Å². The molecule has 6 heteroatoms. The van der Waals surface area contributed by atoms with E-state index in [1.54, 1.807) is 12.3 Å². The average Bonchev–Trinajstić information content (AvgIpc) is 2.36. The highest BCUT2D eigenvalue weighted by Crippen LogP contribution is 2.30. The van der Waals surface area contributed by atoms with Gasteiger partial charge in [-0.25, -0.2) is 4.79 Å². The standard InChI is InChI=1S/C15H23N3O3/c1-10(12-5-7-16-14(20)9-12)17-15(21)18-13(6-8-19)11-3-2-4-11/h5,7,9-11,13,19H,2-4,6,8H2,1H3,(H,16,20)(H2,17,18,21). The second kappa shape index (κ2) is 7.26. The number of carbonyl (C=O) groups is 1. The molecule has 0 aromatic carbocycles. The number of pyridine rings is 1. The molecule has 4 N–H and O–H groups in total. The number of hydrogen-bond donors (Lipinski definition) is 4. The van der Waals surface area contributed by atoms with Gasteiger partial charge in [-0.2, -0.15) is 0 Å². The molecule has 2 atom stereocenters. The predicted molar refractivity (Wildman–Crippen MR) is 80.0 cm³/mol. The monoisotopic (exact) mass is 293 g/mol. The smallest absolute Gasteiger partial charge is 0.315 e. The van der Waals surface area contributed by atoms with Crippen LogP contribution in [0.4, 0.5) is 4.79 Å². The Labute approximate surface area is 124 Å². The predicted octanol–water partition coefficient (Wildman–Crippen LogP) is 1.29. The van der Waals surface area contributed by atoms with Crippen molar-refractivity contribution in [1.29, 1.82) is 0 Å². The second-order valence-corrected chi connectivity index (χ2v) is 5.64. The van der Waals surface area contributed by atoms with E-state index in [-0.39, 0.29) is 30.3 Å². The van der Waals surface area contributed by atoms with Crippen LogP contribution >= 0.6 is 0 Å². The minimum atomic E-state index is -0.256. The van der Waals surface area contributed by atoms with E-state index in [0.717, 1.165) is 18.4 Å². The van der Waals surface area contributed by atoms with Crippen molar-refractivity contribution in [3.05, 3.63) is 34.2 Å². The van der Waals surface area contributed by atoms with Gasteiger partial charge in [-0.3, -0.25) is 4.79 Å². The third-order valence-electron chi connectivity index (χ3n) is 4.12. The van der Waals surface area contributed by atoms with Crippen LogP contribution in [0.25, 0.3) is 0 Å². The van der Waals surface area contributed by atoms with Gasteiger partial charge in [0.15, 0.2) is 0 Å². The fourth-order valence-electron chi connectivity index (χ4n) is 2.63. The van der Waals surface area contributed by atoms with E-state index in [1.165, 1.54) is 12.5 Å². The van der Waals surface area contributed by atoms with Gasteiger partial charge in [-0.1, -0.05) is 6.42 Å². The molecule has 0 spiro atoms. The molecule has 21 heavy (non-hydrogen) atoms. The van der Waals surface area contributed by atoms with E-state index < -0.39 is 0 Å². The molecule has 1 aliphatic carbocycles. The minimum absolute atomic E-state index is 0.0233. The molecule has 6 nitrogen and oxygen atoms in total. The third kappa shape index (κ3) is 4.32. The molecular weight excluding hydrogens is 270 g/mol. The number of carbonyl (C=O) groups excluding carboxylic acids is 1. The van der Waals surface area contributed by atoms with Crippen molar-refractivity contribution in [3.8, 4) is 0 Å². The van der Waals surface area contributed by atoms with Crippen LogP contribution in [0.15, 0.2) is 23.1 Å². The maximum absolute atomic E-state index is 12.1. The molecule has 1 heterocycles. The van der Waals surface area contributed by atoms with Gasteiger partial charge in [0.05, 0.1) is 6.04 Å². The first-order valence-electron chi connectivity index (χ1n) is 7.46. The van der Waals surface area contributed by atoms with Gasteiger partial charge in [0.25, 0.3) is 0 Å². The number of hydrogen-bond acceptors (Lipinski definition) is 3. The van der Waals surface area contributed by atoms with Crippen molar-refractivity contribution in [2.24, 2.45) is 5.92 Å². The van der Waals surface area contributed by atoms with Crippen molar-refractivity contribution in [2.75, 3.05) is 6.61 Å². The Kier molecular flexibility index (Phi) is 5.38. The van der Waals surface area contributed by atoms with Crippen molar-refractivity contribution >= 4 is 6.03 Å². The lowest BCUT2D eigenvalue weighted by atomic mass is 9.78. The highest BCUT2D eigenvalue weighted by Gasteiger charge is 2.28. The number of H-pyrrole nitrogens is 1. The summed E-state index contributed by atoms with van der Waals surface area (Å²) in [6.45, 7) is 1.91. The number of aliphatic hydroxyl groups excluding tert-OH is 1. The van der Waals surface area contributed by atoms with Crippen LogP contribution in [0, 0.1) is 5.92 Å². The third-order valence-corrected chi connectivity index (χ3v) is 4.12. The normalized spacial score (nSPS) is 17.6. The van der Waals surface area contributed by atoms with Crippen LogP contribution in [-0.2, 0) is 0 Å². The Morgan fingerprint density at radius 2 is 2.24 bits per heavy atom. The number of nitrogens with one attached hydrogen (secondary N) is 3. The van der Waals surface area contributed by atoms with E-state index in [2.05, 4.69) is 15.6 Å². The first-order chi connectivity index (χ1) is 10.1. The molecule has 1 aromatic rings. The molecule has 0 saturated heterocycles.